The van der Waals surface area contributed by atoms with Gasteiger partial charge in [0.05, 0.1) is 7.11 Å². The lowest BCUT2D eigenvalue weighted by Gasteiger charge is -2.36. The standard InChI is InChI=1S/C22H30O6/c1-14(2)17-8-5-15(3)11-19(17)28-22(25)13-27-21(24)10-7-16-6-9-18(23)20(12-16)26-4/h6-7,9-10,12,14-15,17,19,23H,5,8,11,13H2,1-4H3/b10-7+. The maximum atomic E-state index is 12.1. The van der Waals surface area contributed by atoms with Crippen molar-refractivity contribution in [1.29, 1.82) is 0 Å². The summed E-state index contributed by atoms with van der Waals surface area (Å²) in [6, 6.07) is 4.69. The van der Waals surface area contributed by atoms with E-state index in [0.717, 1.165) is 19.3 Å². The van der Waals surface area contributed by atoms with Crippen molar-refractivity contribution >= 4 is 18.0 Å². The average Bonchev–Trinajstić information content (AvgIpc) is 2.65. The lowest BCUT2D eigenvalue weighted by atomic mass is 9.75. The summed E-state index contributed by atoms with van der Waals surface area (Å²) in [5.41, 5.74) is 0.658. The minimum atomic E-state index is -0.638. The molecule has 1 N–H and O–H groups in total. The number of phenols is 1. The molecule has 28 heavy (non-hydrogen) atoms. The molecule has 1 aliphatic carbocycles. The molecule has 1 aromatic rings. The summed E-state index contributed by atoms with van der Waals surface area (Å²) in [5.74, 6) is 0.486. The predicted molar refractivity (Wildman–Crippen MR) is 106 cm³/mol. The van der Waals surface area contributed by atoms with Gasteiger partial charge in [0.1, 0.15) is 6.10 Å². The van der Waals surface area contributed by atoms with Crippen molar-refractivity contribution in [3.05, 3.63) is 29.8 Å². The normalized spacial score (nSPS) is 22.2. The second-order valence-electron chi connectivity index (χ2n) is 7.73. The number of phenolic OH excluding ortho intramolecular Hbond substituents is 1. The van der Waals surface area contributed by atoms with E-state index in [4.69, 9.17) is 14.2 Å². The molecule has 0 aliphatic heterocycles. The van der Waals surface area contributed by atoms with Gasteiger partial charge in [-0.1, -0.05) is 33.3 Å². The topological polar surface area (TPSA) is 82.1 Å². The van der Waals surface area contributed by atoms with Crippen LogP contribution in [0.5, 0.6) is 11.5 Å². The highest BCUT2D eigenvalue weighted by molar-refractivity contribution is 5.88. The first-order chi connectivity index (χ1) is 13.3. The zero-order valence-corrected chi connectivity index (χ0v) is 17.0. The number of esters is 2. The van der Waals surface area contributed by atoms with Crippen molar-refractivity contribution in [2.24, 2.45) is 17.8 Å². The van der Waals surface area contributed by atoms with Crippen molar-refractivity contribution in [3.8, 4) is 11.5 Å². The molecule has 1 saturated carbocycles. The van der Waals surface area contributed by atoms with Crippen LogP contribution in [0.3, 0.4) is 0 Å². The van der Waals surface area contributed by atoms with Crippen LogP contribution in [0.4, 0.5) is 0 Å². The van der Waals surface area contributed by atoms with E-state index < -0.39 is 18.5 Å². The van der Waals surface area contributed by atoms with E-state index in [1.807, 2.05) is 0 Å². The van der Waals surface area contributed by atoms with Gasteiger partial charge >= 0.3 is 11.9 Å². The number of ether oxygens (including phenoxy) is 3. The first kappa shape index (κ1) is 21.8. The highest BCUT2D eigenvalue weighted by atomic mass is 16.6. The Hall–Kier alpha value is -2.50. The fourth-order valence-electron chi connectivity index (χ4n) is 3.59. The molecule has 154 valence electrons. The second kappa shape index (κ2) is 10.2. The number of methoxy groups -OCH3 is 1. The fourth-order valence-corrected chi connectivity index (χ4v) is 3.59. The van der Waals surface area contributed by atoms with Gasteiger partial charge in [-0.3, -0.25) is 0 Å². The SMILES string of the molecule is COc1cc(/C=C/C(=O)OCC(=O)OC2CC(C)CCC2C(C)C)ccc1O. The summed E-state index contributed by atoms with van der Waals surface area (Å²) in [6.45, 7) is 6.05. The van der Waals surface area contributed by atoms with Gasteiger partial charge in [-0.2, -0.15) is 0 Å². The highest BCUT2D eigenvalue weighted by Crippen LogP contribution is 2.35. The highest BCUT2D eigenvalue weighted by Gasteiger charge is 2.33. The summed E-state index contributed by atoms with van der Waals surface area (Å²) in [5, 5.41) is 9.57. The van der Waals surface area contributed by atoms with Crippen LogP contribution in [0.15, 0.2) is 24.3 Å². The molecule has 0 amide bonds. The molecule has 1 aliphatic rings. The molecular weight excluding hydrogens is 360 g/mol. The van der Waals surface area contributed by atoms with Gasteiger partial charge in [0.15, 0.2) is 18.1 Å². The van der Waals surface area contributed by atoms with Crippen LogP contribution in [-0.4, -0.2) is 36.9 Å². The number of carbonyl (C=O) groups is 2. The average molecular weight is 390 g/mol. The lowest BCUT2D eigenvalue weighted by molar-refractivity contribution is -0.165. The Kier molecular flexibility index (Phi) is 7.91. The molecule has 0 aromatic heterocycles. The van der Waals surface area contributed by atoms with E-state index in [1.165, 1.54) is 25.3 Å². The van der Waals surface area contributed by atoms with Crippen LogP contribution in [0.1, 0.15) is 45.6 Å². The molecule has 0 heterocycles. The Bertz CT molecular complexity index is 709. The Balaban J connectivity index is 1.84. The van der Waals surface area contributed by atoms with Gasteiger partial charge in [0.25, 0.3) is 0 Å². The quantitative estimate of drug-likeness (QED) is 0.560. The molecule has 6 heteroatoms. The van der Waals surface area contributed by atoms with Crippen molar-refractivity contribution in [1.82, 2.24) is 0 Å². The molecule has 3 atom stereocenters. The molecule has 0 spiro atoms. The minimum absolute atomic E-state index is 0.0155. The lowest BCUT2D eigenvalue weighted by Crippen LogP contribution is -2.36. The van der Waals surface area contributed by atoms with Crippen molar-refractivity contribution in [2.75, 3.05) is 13.7 Å². The predicted octanol–water partition coefficient (Wildman–Crippen LogP) is 3.96. The Morgan fingerprint density at radius 2 is 2.04 bits per heavy atom. The molecule has 1 fully saturated rings. The van der Waals surface area contributed by atoms with Crippen molar-refractivity contribution in [3.63, 3.8) is 0 Å². The summed E-state index contributed by atoms with van der Waals surface area (Å²) in [4.78, 5) is 24.0. The molecule has 1 aromatic carbocycles. The molecular formula is C22H30O6. The van der Waals surface area contributed by atoms with E-state index in [9.17, 15) is 14.7 Å². The first-order valence-corrected chi connectivity index (χ1v) is 9.71. The van der Waals surface area contributed by atoms with Crippen molar-refractivity contribution < 1.29 is 28.9 Å². The number of aromatic hydroxyl groups is 1. The van der Waals surface area contributed by atoms with Crippen molar-refractivity contribution in [2.45, 2.75) is 46.1 Å². The Labute approximate surface area is 166 Å². The molecule has 0 bridgehead atoms. The molecule has 0 saturated heterocycles. The third-order valence-electron chi connectivity index (χ3n) is 5.19. The number of hydrogen-bond donors (Lipinski definition) is 1. The van der Waals surface area contributed by atoms with Gasteiger partial charge in [-0.05, 0) is 54.4 Å². The number of benzene rings is 1. The zero-order chi connectivity index (χ0) is 20.7. The van der Waals surface area contributed by atoms with Gasteiger partial charge < -0.3 is 19.3 Å². The second-order valence-corrected chi connectivity index (χ2v) is 7.73. The number of carbonyl (C=O) groups excluding carboxylic acids is 2. The summed E-state index contributed by atoms with van der Waals surface area (Å²) in [7, 11) is 1.44. The third-order valence-corrected chi connectivity index (χ3v) is 5.19. The number of hydrogen-bond acceptors (Lipinski definition) is 6. The monoisotopic (exact) mass is 390 g/mol. The first-order valence-electron chi connectivity index (χ1n) is 9.71. The number of rotatable bonds is 7. The zero-order valence-electron chi connectivity index (χ0n) is 17.0. The Morgan fingerprint density at radius 1 is 1.29 bits per heavy atom. The summed E-state index contributed by atoms with van der Waals surface area (Å²) in [6.07, 6.45) is 5.68. The molecule has 2 rings (SSSR count). The van der Waals surface area contributed by atoms with Crippen LogP contribution in [-0.2, 0) is 19.1 Å². The van der Waals surface area contributed by atoms with Crippen LogP contribution in [0.25, 0.3) is 6.08 Å². The maximum absolute atomic E-state index is 12.1. The van der Waals surface area contributed by atoms with E-state index in [0.29, 0.717) is 29.1 Å². The van der Waals surface area contributed by atoms with Gasteiger partial charge in [-0.15, -0.1) is 0 Å². The molecule has 6 nitrogen and oxygen atoms in total. The van der Waals surface area contributed by atoms with Crippen LogP contribution in [0.2, 0.25) is 0 Å². The summed E-state index contributed by atoms with van der Waals surface area (Å²) < 4.78 is 15.6. The van der Waals surface area contributed by atoms with Gasteiger partial charge in [-0.25, -0.2) is 9.59 Å². The molecule has 0 radical (unpaired) electrons. The van der Waals surface area contributed by atoms with E-state index in [-0.39, 0.29) is 11.9 Å². The van der Waals surface area contributed by atoms with Crippen LogP contribution >= 0.6 is 0 Å². The van der Waals surface area contributed by atoms with E-state index >= 15 is 0 Å². The van der Waals surface area contributed by atoms with Gasteiger partial charge in [0, 0.05) is 6.08 Å². The minimum Gasteiger partial charge on any atom is -0.504 e. The van der Waals surface area contributed by atoms with E-state index in [2.05, 4.69) is 20.8 Å². The molecule has 3 unspecified atom stereocenters. The van der Waals surface area contributed by atoms with Gasteiger partial charge in [0.2, 0.25) is 0 Å². The smallest absolute Gasteiger partial charge is 0.344 e. The Morgan fingerprint density at radius 3 is 2.71 bits per heavy atom. The third kappa shape index (κ3) is 6.29. The van der Waals surface area contributed by atoms with E-state index in [1.54, 1.807) is 12.1 Å². The van der Waals surface area contributed by atoms with Crippen LogP contribution < -0.4 is 4.74 Å². The summed E-state index contributed by atoms with van der Waals surface area (Å²) >= 11 is 0. The van der Waals surface area contributed by atoms with Crippen LogP contribution in [0, 0.1) is 17.8 Å². The fraction of sp³-hybridized carbons (Fsp3) is 0.545. The maximum Gasteiger partial charge on any atom is 0.344 e. The largest absolute Gasteiger partial charge is 0.504 e.